The summed E-state index contributed by atoms with van der Waals surface area (Å²) >= 11 is 0. The number of carboxylic acid groups (broad SMARTS) is 4. The summed E-state index contributed by atoms with van der Waals surface area (Å²) in [6.45, 7) is 2.72. The largest absolute Gasteiger partial charge is 4.00 e. The Kier molecular flexibility index (Phi) is 29.2. The predicted molar refractivity (Wildman–Crippen MR) is 70.7 cm³/mol. The topological polar surface area (TPSA) is 213 Å². The van der Waals surface area contributed by atoms with Gasteiger partial charge in [-0.3, -0.25) is 0 Å². The third kappa shape index (κ3) is 30.8. The Balaban J connectivity index is -0.0000000629. The Morgan fingerprint density at radius 2 is 0.759 bits per heavy atom. The van der Waals surface area contributed by atoms with Crippen LogP contribution in [-0.4, -0.2) is 50.3 Å². The van der Waals surface area contributed by atoms with Crippen molar-refractivity contribution < 1.29 is 87.0 Å². The zero-order valence-corrected chi connectivity index (χ0v) is 17.3. The molecule has 0 atom stereocenters. The van der Waals surface area contributed by atoms with Crippen LogP contribution in [0, 0.1) is 0 Å². The normalized spacial score (nSPS) is 8.83. The predicted octanol–water partition coefficient (Wildman–Crippen LogP) is -4.43. The second kappa shape index (κ2) is 20.5. The van der Waals surface area contributed by atoms with Gasteiger partial charge in [-0.1, -0.05) is 5.57 Å². The smallest absolute Gasteiger partial charge is 0.545 e. The van der Waals surface area contributed by atoms with Gasteiger partial charge in [0.05, 0.1) is 11.9 Å². The van der Waals surface area contributed by atoms with Gasteiger partial charge in [-0.15, -0.1) is 0 Å². The first-order valence-electron chi connectivity index (χ1n) is 6.17. The third-order valence-electron chi connectivity index (χ3n) is 1.37. The molecular weight excluding hydrogens is 609 g/mol. The maximum atomic E-state index is 10.5. The minimum Gasteiger partial charge on any atom is -0.545 e. The first-order valence-corrected chi connectivity index (χ1v) is 6.17. The molecule has 0 fully saturated rings. The minimum atomic E-state index is -5.19. The molecule has 0 radical (unpaired) electrons. The van der Waals surface area contributed by atoms with Gasteiger partial charge < -0.3 is 51.1 Å². The summed E-state index contributed by atoms with van der Waals surface area (Å²) in [5.74, 6) is -9.43. The first-order chi connectivity index (χ1) is 12.4. The molecule has 4 N–H and O–H groups in total. The van der Waals surface area contributed by atoms with Crippen LogP contribution in [0.3, 0.4) is 0 Å². The molecule has 0 heterocycles. The van der Waals surface area contributed by atoms with Crippen molar-refractivity contribution in [1.82, 2.24) is 0 Å². The molecular formula is C12H16F6N2O8Pt. The van der Waals surface area contributed by atoms with Crippen LogP contribution >= 0.6 is 0 Å². The van der Waals surface area contributed by atoms with Crippen LogP contribution < -0.4 is 31.9 Å². The summed E-state index contributed by atoms with van der Waals surface area (Å²) in [5.41, 5.74) is 8.39. The quantitative estimate of drug-likeness (QED) is 0.130. The first kappa shape index (κ1) is 41.2. The molecule has 0 aliphatic rings. The van der Waals surface area contributed by atoms with Crippen LogP contribution in [0.2, 0.25) is 0 Å². The molecule has 10 nitrogen and oxygen atoms in total. The van der Waals surface area contributed by atoms with Gasteiger partial charge >= 0.3 is 33.4 Å². The third-order valence-corrected chi connectivity index (χ3v) is 1.37. The van der Waals surface area contributed by atoms with Crippen molar-refractivity contribution in [3.63, 3.8) is 0 Å². The van der Waals surface area contributed by atoms with Gasteiger partial charge in [-0.05, 0) is 27.9 Å². The maximum Gasteiger partial charge on any atom is 4.00 e. The number of halogens is 6. The van der Waals surface area contributed by atoms with Crippen LogP contribution in [0.25, 0.3) is 0 Å². The summed E-state index contributed by atoms with van der Waals surface area (Å²) in [6, 6.07) is 0. The van der Waals surface area contributed by atoms with E-state index in [0.717, 1.165) is 0 Å². The van der Waals surface area contributed by atoms with E-state index in [9.17, 15) is 46.1 Å². The van der Waals surface area contributed by atoms with E-state index in [1.165, 1.54) is 27.9 Å². The number of carbonyl (C=O) groups is 4. The number of rotatable bonds is 2. The average molecular weight is 625 g/mol. The van der Waals surface area contributed by atoms with Crippen LogP contribution in [0.1, 0.15) is 13.8 Å². The summed E-state index contributed by atoms with van der Waals surface area (Å²) in [7, 11) is 3.00. The summed E-state index contributed by atoms with van der Waals surface area (Å²) in [4.78, 5) is 37.6. The SMILES string of the molecule is CC(C)=C(C(=O)[O-])C(=O)[O-].CN.CN.O=C([O-])C(F)(F)F.O=C([O-])C(F)(F)F.[Pt+4]. The van der Waals surface area contributed by atoms with Gasteiger partial charge in [0.25, 0.3) is 0 Å². The van der Waals surface area contributed by atoms with Crippen LogP contribution in [0.5, 0.6) is 0 Å². The molecule has 174 valence electrons. The fourth-order valence-electron chi connectivity index (χ4n) is 0.492. The fourth-order valence-corrected chi connectivity index (χ4v) is 0.492. The summed E-state index contributed by atoms with van der Waals surface area (Å²) in [5, 5.41) is 37.6. The Labute approximate surface area is 174 Å². The molecule has 0 saturated carbocycles. The maximum absolute atomic E-state index is 10.5. The molecule has 0 aliphatic carbocycles. The monoisotopic (exact) mass is 625 g/mol. The number of nitrogens with two attached hydrogens (primary N) is 2. The van der Waals surface area contributed by atoms with Gasteiger partial charge in [0.15, 0.2) is 0 Å². The zero-order chi connectivity index (χ0) is 24.5. The van der Waals surface area contributed by atoms with E-state index in [2.05, 4.69) is 11.5 Å². The summed E-state index contributed by atoms with van der Waals surface area (Å²) in [6.07, 6.45) is -10.4. The van der Waals surface area contributed by atoms with Crippen molar-refractivity contribution in [2.45, 2.75) is 26.2 Å². The number of alkyl halides is 6. The Morgan fingerprint density at radius 1 is 0.621 bits per heavy atom. The van der Waals surface area contributed by atoms with Crippen molar-refractivity contribution in [2.24, 2.45) is 11.5 Å². The molecule has 0 aromatic heterocycles. The number of allylic oxidation sites excluding steroid dienone is 1. The molecule has 0 bridgehead atoms. The van der Waals surface area contributed by atoms with Crippen molar-refractivity contribution in [3.05, 3.63) is 11.1 Å². The Morgan fingerprint density at radius 3 is 0.759 bits per heavy atom. The molecule has 0 aromatic rings. The van der Waals surface area contributed by atoms with E-state index >= 15 is 0 Å². The summed E-state index contributed by atoms with van der Waals surface area (Å²) < 4.78 is 63.1. The van der Waals surface area contributed by atoms with Gasteiger partial charge in [0, 0.05) is 5.57 Å². The van der Waals surface area contributed by atoms with Crippen molar-refractivity contribution in [1.29, 1.82) is 0 Å². The van der Waals surface area contributed by atoms with Crippen molar-refractivity contribution in [2.75, 3.05) is 14.1 Å². The van der Waals surface area contributed by atoms with E-state index in [-0.39, 0.29) is 26.6 Å². The zero-order valence-electron chi connectivity index (χ0n) is 15.0. The average Bonchev–Trinajstić information content (AvgIpc) is 2.49. The minimum absolute atomic E-state index is 0. The molecule has 0 spiro atoms. The van der Waals surface area contributed by atoms with E-state index in [1.807, 2.05) is 0 Å². The van der Waals surface area contributed by atoms with Gasteiger partial charge in [-0.25, -0.2) is 0 Å². The second-order valence-electron chi connectivity index (χ2n) is 3.52. The molecule has 0 unspecified atom stereocenters. The molecule has 0 amide bonds. The van der Waals surface area contributed by atoms with E-state index in [1.54, 1.807) is 0 Å². The Hall–Kier alpha value is -2.19. The van der Waals surface area contributed by atoms with Crippen LogP contribution in [0.15, 0.2) is 11.1 Å². The van der Waals surface area contributed by atoms with Crippen LogP contribution in [0.4, 0.5) is 26.3 Å². The number of hydrogen-bond donors (Lipinski definition) is 2. The van der Waals surface area contributed by atoms with Crippen molar-refractivity contribution >= 4 is 23.9 Å². The van der Waals surface area contributed by atoms with Crippen LogP contribution in [-0.2, 0) is 40.2 Å². The number of carboxylic acids is 4. The standard InChI is InChI=1S/C6H8O4.2C2HF3O2.2CH5N.Pt/c1-3(2)4(5(7)8)6(9)10;2*3-2(4,5)1(6)7;2*1-2;/h1-2H3,(H,7,8)(H,9,10);2*(H,6,7);2*2H2,1H3;/q;;;;;+4/p-4. The second-order valence-corrected chi connectivity index (χ2v) is 3.52. The Bertz CT molecular complexity index is 491. The number of aliphatic carboxylic acids is 4. The molecule has 17 heteroatoms. The molecule has 0 rings (SSSR count). The molecule has 29 heavy (non-hydrogen) atoms. The van der Waals surface area contributed by atoms with Gasteiger partial charge in [0.2, 0.25) is 0 Å². The number of hydrogen-bond acceptors (Lipinski definition) is 10. The van der Waals surface area contributed by atoms with Gasteiger partial charge in [-0.2, -0.15) is 26.3 Å². The van der Waals surface area contributed by atoms with E-state index in [0.29, 0.717) is 0 Å². The van der Waals surface area contributed by atoms with Gasteiger partial charge in [0.1, 0.15) is 11.9 Å². The molecule has 0 aromatic carbocycles. The van der Waals surface area contributed by atoms with Crippen molar-refractivity contribution in [3.8, 4) is 0 Å². The molecule has 0 saturated heterocycles. The number of carbonyl (C=O) groups excluding carboxylic acids is 4. The fraction of sp³-hybridized carbons (Fsp3) is 0.500. The van der Waals surface area contributed by atoms with E-state index < -0.39 is 41.8 Å². The molecule has 0 aliphatic heterocycles. The van der Waals surface area contributed by atoms with E-state index in [4.69, 9.17) is 19.8 Å².